The van der Waals surface area contributed by atoms with Gasteiger partial charge in [-0.1, -0.05) is 0 Å². The number of nitrogens with one attached hydrogen (secondary N) is 1. The molecule has 1 aliphatic heterocycles. The maximum Gasteiger partial charge on any atom is 0.0794 e. The number of hydrogen-bond donors (Lipinski definition) is 1. The first-order chi connectivity index (χ1) is 6.36. The second-order valence-electron chi connectivity index (χ2n) is 3.49. The number of rotatable bonds is 2. The predicted molar refractivity (Wildman–Crippen MR) is 62.1 cm³/mol. The fourth-order valence-corrected chi connectivity index (χ4v) is 2.26. The quantitative estimate of drug-likeness (QED) is 0.836. The minimum atomic E-state index is 0. The number of aromatic nitrogens is 1. The monoisotopic (exact) mass is 233 g/mol. The Balaban J connectivity index is 0.000000980. The lowest BCUT2D eigenvalue weighted by atomic mass is 10.2. The Morgan fingerprint density at radius 2 is 2.57 bits per heavy atom. The van der Waals surface area contributed by atoms with Crippen LogP contribution in [0.25, 0.3) is 0 Å². The van der Waals surface area contributed by atoms with Crippen molar-refractivity contribution in [3.8, 4) is 0 Å². The standard InChI is InChI=1S/C9H15N3S.ClH/c1-8-4-10-2-3-12(8)6-9-5-11-7-13-9;/h5,7-8,10H,2-4,6H2,1H3;1H. The highest BCUT2D eigenvalue weighted by atomic mass is 35.5. The average molecular weight is 234 g/mol. The van der Waals surface area contributed by atoms with E-state index in [1.54, 1.807) is 11.3 Å². The van der Waals surface area contributed by atoms with Crippen LogP contribution < -0.4 is 5.32 Å². The molecule has 80 valence electrons. The van der Waals surface area contributed by atoms with Crippen molar-refractivity contribution in [2.24, 2.45) is 0 Å². The van der Waals surface area contributed by atoms with E-state index in [4.69, 9.17) is 0 Å². The Morgan fingerprint density at radius 3 is 3.21 bits per heavy atom. The second kappa shape index (κ2) is 5.66. The maximum absolute atomic E-state index is 4.09. The molecule has 0 amide bonds. The van der Waals surface area contributed by atoms with Gasteiger partial charge in [0.15, 0.2) is 0 Å². The third-order valence-electron chi connectivity index (χ3n) is 2.48. The summed E-state index contributed by atoms with van der Waals surface area (Å²) in [6.07, 6.45) is 1.97. The first-order valence-electron chi connectivity index (χ1n) is 4.68. The Hall–Kier alpha value is -0.160. The SMILES string of the molecule is CC1CNCCN1Cc1cncs1.Cl. The molecule has 1 aromatic rings. The third-order valence-corrected chi connectivity index (χ3v) is 3.25. The van der Waals surface area contributed by atoms with Gasteiger partial charge in [-0.2, -0.15) is 0 Å². The summed E-state index contributed by atoms with van der Waals surface area (Å²) in [7, 11) is 0. The number of halogens is 1. The molecule has 14 heavy (non-hydrogen) atoms. The van der Waals surface area contributed by atoms with Crippen molar-refractivity contribution in [1.82, 2.24) is 15.2 Å². The molecule has 0 saturated carbocycles. The zero-order chi connectivity index (χ0) is 9.10. The minimum Gasteiger partial charge on any atom is -0.314 e. The van der Waals surface area contributed by atoms with Gasteiger partial charge >= 0.3 is 0 Å². The first-order valence-corrected chi connectivity index (χ1v) is 5.56. The lowest BCUT2D eigenvalue weighted by Crippen LogP contribution is -2.49. The van der Waals surface area contributed by atoms with E-state index in [0.717, 1.165) is 26.2 Å². The van der Waals surface area contributed by atoms with Crippen LogP contribution in [0, 0.1) is 0 Å². The van der Waals surface area contributed by atoms with E-state index < -0.39 is 0 Å². The van der Waals surface area contributed by atoms with E-state index in [2.05, 4.69) is 22.1 Å². The highest BCUT2D eigenvalue weighted by Crippen LogP contribution is 2.12. The van der Waals surface area contributed by atoms with Gasteiger partial charge in [-0.15, -0.1) is 23.7 Å². The summed E-state index contributed by atoms with van der Waals surface area (Å²) in [6, 6.07) is 0.649. The largest absolute Gasteiger partial charge is 0.314 e. The van der Waals surface area contributed by atoms with Gasteiger partial charge in [-0.3, -0.25) is 9.88 Å². The van der Waals surface area contributed by atoms with Crippen LogP contribution in [0.2, 0.25) is 0 Å². The fourth-order valence-electron chi connectivity index (χ4n) is 1.64. The molecule has 1 aliphatic rings. The van der Waals surface area contributed by atoms with E-state index in [1.807, 2.05) is 11.7 Å². The number of hydrogen-bond acceptors (Lipinski definition) is 4. The van der Waals surface area contributed by atoms with Gasteiger partial charge in [-0.25, -0.2) is 0 Å². The molecule has 0 bridgehead atoms. The Labute approximate surface area is 94.9 Å². The maximum atomic E-state index is 4.09. The summed E-state index contributed by atoms with van der Waals surface area (Å²) in [5.41, 5.74) is 1.90. The molecular formula is C9H16ClN3S. The molecule has 0 spiro atoms. The Kier molecular flexibility index (Phi) is 4.81. The molecule has 1 aromatic heterocycles. The van der Waals surface area contributed by atoms with Crippen LogP contribution in [0.3, 0.4) is 0 Å². The highest BCUT2D eigenvalue weighted by molar-refractivity contribution is 7.09. The van der Waals surface area contributed by atoms with Gasteiger partial charge in [0.25, 0.3) is 0 Å². The molecule has 1 atom stereocenters. The van der Waals surface area contributed by atoms with E-state index >= 15 is 0 Å². The van der Waals surface area contributed by atoms with Crippen molar-refractivity contribution in [2.45, 2.75) is 19.5 Å². The van der Waals surface area contributed by atoms with Gasteiger partial charge in [-0.05, 0) is 6.92 Å². The van der Waals surface area contributed by atoms with Crippen LogP contribution in [-0.2, 0) is 6.54 Å². The lowest BCUT2D eigenvalue weighted by Gasteiger charge is -2.33. The van der Waals surface area contributed by atoms with Gasteiger partial charge in [0.1, 0.15) is 0 Å². The van der Waals surface area contributed by atoms with Gasteiger partial charge < -0.3 is 5.32 Å². The molecule has 1 saturated heterocycles. The van der Waals surface area contributed by atoms with Crippen molar-refractivity contribution in [3.63, 3.8) is 0 Å². The number of piperazine rings is 1. The topological polar surface area (TPSA) is 28.2 Å². The summed E-state index contributed by atoms with van der Waals surface area (Å²) in [5, 5.41) is 3.39. The summed E-state index contributed by atoms with van der Waals surface area (Å²) in [5.74, 6) is 0. The summed E-state index contributed by atoms with van der Waals surface area (Å²) >= 11 is 1.75. The third kappa shape index (κ3) is 2.92. The molecule has 0 radical (unpaired) electrons. The number of thiazole rings is 1. The van der Waals surface area contributed by atoms with Gasteiger partial charge in [0.2, 0.25) is 0 Å². The molecule has 0 aliphatic carbocycles. The van der Waals surface area contributed by atoms with Gasteiger partial charge in [0, 0.05) is 43.3 Å². The Morgan fingerprint density at radius 1 is 1.71 bits per heavy atom. The summed E-state index contributed by atoms with van der Waals surface area (Å²) in [6.45, 7) is 6.71. The molecule has 1 N–H and O–H groups in total. The van der Waals surface area contributed by atoms with E-state index in [1.165, 1.54) is 4.88 Å². The minimum absolute atomic E-state index is 0. The van der Waals surface area contributed by atoms with E-state index in [0.29, 0.717) is 6.04 Å². The van der Waals surface area contributed by atoms with Crippen molar-refractivity contribution >= 4 is 23.7 Å². The lowest BCUT2D eigenvalue weighted by molar-refractivity contribution is 0.167. The van der Waals surface area contributed by atoms with E-state index in [-0.39, 0.29) is 12.4 Å². The van der Waals surface area contributed by atoms with Crippen LogP contribution >= 0.6 is 23.7 Å². The van der Waals surface area contributed by atoms with Crippen LogP contribution in [0.15, 0.2) is 11.7 Å². The first kappa shape index (κ1) is 11.9. The molecule has 2 heterocycles. The summed E-state index contributed by atoms with van der Waals surface area (Å²) in [4.78, 5) is 7.96. The summed E-state index contributed by atoms with van der Waals surface area (Å²) < 4.78 is 0. The highest BCUT2D eigenvalue weighted by Gasteiger charge is 2.17. The molecule has 5 heteroatoms. The Bertz CT molecular complexity index is 253. The zero-order valence-corrected chi connectivity index (χ0v) is 9.90. The molecule has 0 aromatic carbocycles. The zero-order valence-electron chi connectivity index (χ0n) is 8.27. The van der Waals surface area contributed by atoms with Crippen molar-refractivity contribution in [3.05, 3.63) is 16.6 Å². The average Bonchev–Trinajstić information content (AvgIpc) is 2.61. The predicted octanol–water partition coefficient (Wildman–Crippen LogP) is 1.36. The molecule has 3 nitrogen and oxygen atoms in total. The van der Waals surface area contributed by atoms with E-state index in [9.17, 15) is 0 Å². The molecule has 1 unspecified atom stereocenters. The fraction of sp³-hybridized carbons (Fsp3) is 0.667. The normalized spacial score (nSPS) is 23.1. The van der Waals surface area contributed by atoms with Crippen molar-refractivity contribution in [2.75, 3.05) is 19.6 Å². The molecule has 2 rings (SSSR count). The molecular weight excluding hydrogens is 218 g/mol. The smallest absolute Gasteiger partial charge is 0.0794 e. The van der Waals surface area contributed by atoms with Crippen LogP contribution in [0.5, 0.6) is 0 Å². The van der Waals surface area contributed by atoms with Gasteiger partial charge in [0.05, 0.1) is 5.51 Å². The number of nitrogens with zero attached hydrogens (tertiary/aromatic N) is 2. The van der Waals surface area contributed by atoms with Crippen molar-refractivity contribution < 1.29 is 0 Å². The van der Waals surface area contributed by atoms with Crippen LogP contribution in [0.4, 0.5) is 0 Å². The van der Waals surface area contributed by atoms with Crippen LogP contribution in [-0.4, -0.2) is 35.6 Å². The van der Waals surface area contributed by atoms with Crippen molar-refractivity contribution in [1.29, 1.82) is 0 Å². The van der Waals surface area contributed by atoms with Crippen LogP contribution in [0.1, 0.15) is 11.8 Å². The molecule has 1 fully saturated rings. The second-order valence-corrected chi connectivity index (χ2v) is 4.46.